The fourth-order valence-electron chi connectivity index (χ4n) is 4.05. The Morgan fingerprint density at radius 2 is 1.55 bits per heavy atom. The monoisotopic (exact) mass is 438 g/mol. The second-order valence-corrected chi connectivity index (χ2v) is 8.27. The summed E-state index contributed by atoms with van der Waals surface area (Å²) in [5.41, 5.74) is 0.847. The van der Waals surface area contributed by atoms with Crippen molar-refractivity contribution in [2.45, 2.75) is 32.4 Å². The van der Waals surface area contributed by atoms with Gasteiger partial charge in [0, 0.05) is 39.8 Å². The number of halogens is 2. The van der Waals surface area contributed by atoms with Gasteiger partial charge < -0.3 is 14.5 Å². The molecule has 0 aliphatic carbocycles. The molecule has 172 valence electrons. The third-order valence-corrected chi connectivity index (χ3v) is 5.85. The van der Waals surface area contributed by atoms with Gasteiger partial charge in [0.25, 0.3) is 0 Å². The average molecular weight is 439 g/mol. The van der Waals surface area contributed by atoms with Crippen molar-refractivity contribution in [2.75, 3.05) is 59.4 Å². The highest BCUT2D eigenvalue weighted by atomic mass is 19.3. The molecule has 2 heterocycles. The summed E-state index contributed by atoms with van der Waals surface area (Å²) in [6.07, 6.45) is 3.13. The van der Waals surface area contributed by atoms with Gasteiger partial charge in [-0.15, -0.1) is 0 Å². The van der Waals surface area contributed by atoms with Crippen molar-refractivity contribution in [3.05, 3.63) is 29.8 Å². The first-order valence-electron chi connectivity index (χ1n) is 10.9. The first-order chi connectivity index (χ1) is 14.9. The van der Waals surface area contributed by atoms with Crippen molar-refractivity contribution in [2.24, 2.45) is 0 Å². The predicted molar refractivity (Wildman–Crippen MR) is 113 cm³/mol. The number of ether oxygens (including phenoxy) is 1. The Kier molecular flexibility index (Phi) is 8.60. The molecule has 9 heteroatoms. The third-order valence-electron chi connectivity index (χ3n) is 5.85. The fraction of sp³-hybridized carbons (Fsp3) is 0.636. The number of carbonyl (C=O) groups is 2. The van der Waals surface area contributed by atoms with Gasteiger partial charge >= 0.3 is 6.61 Å². The molecule has 0 N–H and O–H groups in total. The molecule has 0 spiro atoms. The number of amides is 2. The Morgan fingerprint density at radius 1 is 0.935 bits per heavy atom. The largest absolute Gasteiger partial charge is 0.435 e. The maximum atomic E-state index is 12.7. The summed E-state index contributed by atoms with van der Waals surface area (Å²) in [4.78, 5) is 33.0. The Morgan fingerprint density at radius 3 is 2.16 bits per heavy atom. The van der Waals surface area contributed by atoms with Crippen molar-refractivity contribution >= 4 is 11.8 Å². The fourth-order valence-corrected chi connectivity index (χ4v) is 4.05. The molecule has 1 aromatic carbocycles. The van der Waals surface area contributed by atoms with Crippen LogP contribution in [0.3, 0.4) is 0 Å². The zero-order valence-electron chi connectivity index (χ0n) is 18.1. The molecule has 0 aromatic heterocycles. The smallest absolute Gasteiger partial charge is 0.387 e. The SMILES string of the molecule is CN(Cc1ccc(OC(F)F)cc1)C(=O)CN1CCCN(CC(=O)N2CCCC2)CC1. The molecule has 2 aliphatic rings. The van der Waals surface area contributed by atoms with E-state index in [0.29, 0.717) is 19.6 Å². The van der Waals surface area contributed by atoms with Crippen LogP contribution in [0.15, 0.2) is 24.3 Å². The zero-order chi connectivity index (χ0) is 22.2. The van der Waals surface area contributed by atoms with E-state index in [1.807, 2.05) is 4.90 Å². The van der Waals surface area contributed by atoms with Crippen LogP contribution < -0.4 is 4.74 Å². The lowest BCUT2D eigenvalue weighted by Gasteiger charge is -2.25. The quantitative estimate of drug-likeness (QED) is 0.620. The van der Waals surface area contributed by atoms with E-state index in [4.69, 9.17) is 0 Å². The molecule has 0 bridgehead atoms. The van der Waals surface area contributed by atoms with Crippen LogP contribution in [-0.4, -0.2) is 97.4 Å². The van der Waals surface area contributed by atoms with Gasteiger partial charge in [-0.05, 0) is 50.0 Å². The number of carbonyl (C=O) groups excluding carboxylic acids is 2. The highest BCUT2D eigenvalue weighted by Gasteiger charge is 2.23. The summed E-state index contributed by atoms with van der Waals surface area (Å²) in [6.45, 7) is 3.33. The second-order valence-electron chi connectivity index (χ2n) is 8.27. The molecule has 2 aliphatic heterocycles. The van der Waals surface area contributed by atoms with Crippen molar-refractivity contribution in [1.82, 2.24) is 19.6 Å². The van der Waals surface area contributed by atoms with Crippen LogP contribution in [0.2, 0.25) is 0 Å². The van der Waals surface area contributed by atoms with Gasteiger partial charge in [0.2, 0.25) is 11.8 Å². The first-order valence-corrected chi connectivity index (χ1v) is 10.9. The molecule has 0 saturated carbocycles. The molecule has 2 fully saturated rings. The summed E-state index contributed by atoms with van der Waals surface area (Å²) < 4.78 is 28.8. The van der Waals surface area contributed by atoms with E-state index in [2.05, 4.69) is 14.5 Å². The molecule has 2 saturated heterocycles. The van der Waals surface area contributed by atoms with E-state index in [9.17, 15) is 18.4 Å². The normalized spacial score (nSPS) is 18.3. The van der Waals surface area contributed by atoms with Crippen molar-refractivity contribution in [1.29, 1.82) is 0 Å². The van der Waals surface area contributed by atoms with Gasteiger partial charge in [-0.2, -0.15) is 8.78 Å². The lowest BCUT2D eigenvalue weighted by atomic mass is 10.2. The first kappa shape index (κ1) is 23.4. The van der Waals surface area contributed by atoms with Crippen LogP contribution in [-0.2, 0) is 16.1 Å². The Bertz CT molecular complexity index is 726. The molecular formula is C22H32F2N4O3. The highest BCUT2D eigenvalue weighted by molar-refractivity contribution is 5.78. The Hall–Kier alpha value is -2.26. The summed E-state index contributed by atoms with van der Waals surface area (Å²) in [5, 5.41) is 0. The number of rotatable bonds is 8. The Labute approximate surface area is 182 Å². The maximum Gasteiger partial charge on any atom is 0.387 e. The van der Waals surface area contributed by atoms with Crippen LogP contribution in [0.1, 0.15) is 24.8 Å². The number of hydrogen-bond acceptors (Lipinski definition) is 5. The lowest BCUT2D eigenvalue weighted by molar-refractivity contribution is -0.132. The van der Waals surface area contributed by atoms with Gasteiger partial charge in [0.05, 0.1) is 13.1 Å². The molecule has 2 amide bonds. The third kappa shape index (κ3) is 7.43. The second kappa shape index (κ2) is 11.4. The van der Waals surface area contributed by atoms with E-state index in [1.54, 1.807) is 24.1 Å². The van der Waals surface area contributed by atoms with Gasteiger partial charge in [0.1, 0.15) is 5.75 Å². The Balaban J connectivity index is 1.41. The van der Waals surface area contributed by atoms with E-state index in [0.717, 1.165) is 64.1 Å². The van der Waals surface area contributed by atoms with Gasteiger partial charge in [-0.1, -0.05) is 12.1 Å². The number of alkyl halides is 2. The van der Waals surface area contributed by atoms with E-state index in [1.165, 1.54) is 12.1 Å². The topological polar surface area (TPSA) is 56.3 Å². The minimum absolute atomic E-state index is 0.00880. The van der Waals surface area contributed by atoms with E-state index < -0.39 is 6.61 Å². The summed E-state index contributed by atoms with van der Waals surface area (Å²) in [7, 11) is 1.74. The van der Waals surface area contributed by atoms with Gasteiger partial charge in [-0.3, -0.25) is 19.4 Å². The number of likely N-dealkylation sites (N-methyl/N-ethyl adjacent to an activating group) is 1. The lowest BCUT2D eigenvalue weighted by Crippen LogP contribution is -2.42. The number of benzene rings is 1. The van der Waals surface area contributed by atoms with Gasteiger partial charge in [0.15, 0.2) is 0 Å². The molecule has 7 nitrogen and oxygen atoms in total. The summed E-state index contributed by atoms with van der Waals surface area (Å²) in [5.74, 6) is 0.325. The summed E-state index contributed by atoms with van der Waals surface area (Å²) in [6, 6.07) is 6.32. The van der Waals surface area contributed by atoms with Crippen LogP contribution in [0.5, 0.6) is 5.75 Å². The molecule has 0 radical (unpaired) electrons. The molecule has 1 aromatic rings. The van der Waals surface area contributed by atoms with Crippen LogP contribution in [0.25, 0.3) is 0 Å². The highest BCUT2D eigenvalue weighted by Crippen LogP contribution is 2.16. The van der Waals surface area contributed by atoms with Crippen LogP contribution in [0.4, 0.5) is 8.78 Å². The number of likely N-dealkylation sites (tertiary alicyclic amines) is 1. The minimum atomic E-state index is -2.85. The number of nitrogens with zero attached hydrogens (tertiary/aromatic N) is 4. The molecular weight excluding hydrogens is 406 g/mol. The number of hydrogen-bond donors (Lipinski definition) is 0. The predicted octanol–water partition coefficient (Wildman–Crippen LogP) is 1.88. The summed E-state index contributed by atoms with van der Waals surface area (Å²) >= 11 is 0. The van der Waals surface area contributed by atoms with Crippen molar-refractivity contribution < 1.29 is 23.1 Å². The van der Waals surface area contributed by atoms with Crippen LogP contribution in [0, 0.1) is 0 Å². The molecule has 31 heavy (non-hydrogen) atoms. The maximum absolute atomic E-state index is 12.7. The van der Waals surface area contributed by atoms with Crippen LogP contribution >= 0.6 is 0 Å². The minimum Gasteiger partial charge on any atom is -0.435 e. The van der Waals surface area contributed by atoms with Gasteiger partial charge in [-0.25, -0.2) is 0 Å². The average Bonchev–Trinajstić information content (AvgIpc) is 3.19. The van der Waals surface area contributed by atoms with E-state index >= 15 is 0 Å². The molecule has 3 rings (SSSR count). The van der Waals surface area contributed by atoms with Crippen molar-refractivity contribution in [3.63, 3.8) is 0 Å². The standard InChI is InChI=1S/C22H32F2N4O3/c1-25(15-18-5-7-19(8-6-18)31-22(23)24)20(29)16-26-9-4-10-27(14-13-26)17-21(30)28-11-2-3-12-28/h5-8,22H,2-4,9-17H2,1H3. The van der Waals surface area contributed by atoms with Crippen molar-refractivity contribution in [3.8, 4) is 5.75 Å². The van der Waals surface area contributed by atoms with E-state index in [-0.39, 0.29) is 17.6 Å². The molecule has 0 unspecified atom stereocenters. The molecule has 0 atom stereocenters. The zero-order valence-corrected chi connectivity index (χ0v) is 18.1.